The molecule has 2 nitrogen and oxygen atoms in total. The number of hydrogen-bond acceptors (Lipinski definition) is 2. The van der Waals surface area contributed by atoms with Gasteiger partial charge in [-0.15, -0.1) is 0 Å². The Morgan fingerprint density at radius 1 is 1.31 bits per heavy atom. The highest BCUT2D eigenvalue weighted by Crippen LogP contribution is 2.20. The van der Waals surface area contributed by atoms with E-state index in [9.17, 15) is 5.11 Å². The molecule has 0 aliphatic heterocycles. The van der Waals surface area contributed by atoms with E-state index in [1.165, 1.54) is 0 Å². The minimum Gasteiger partial charge on any atom is -0.392 e. The van der Waals surface area contributed by atoms with Gasteiger partial charge in [0.2, 0.25) is 0 Å². The smallest absolute Gasteiger partial charge is 0.0713 e. The number of aromatic nitrogens is 1. The van der Waals surface area contributed by atoms with Crippen LogP contribution >= 0.6 is 0 Å². The van der Waals surface area contributed by atoms with Gasteiger partial charge in [-0.3, -0.25) is 0 Å². The van der Waals surface area contributed by atoms with Crippen molar-refractivity contribution in [2.24, 2.45) is 0 Å². The molecule has 2 aromatic rings. The molecule has 0 saturated carbocycles. The molecule has 0 atom stereocenters. The molecule has 0 fully saturated rings. The Labute approximate surface area is 95.3 Å². The van der Waals surface area contributed by atoms with E-state index in [2.05, 4.69) is 4.98 Å². The first kappa shape index (κ1) is 10.8. The van der Waals surface area contributed by atoms with Crippen LogP contribution in [0.4, 0.5) is 0 Å². The van der Waals surface area contributed by atoms with Gasteiger partial charge in [-0.2, -0.15) is 0 Å². The molecule has 0 amide bonds. The van der Waals surface area contributed by atoms with Crippen molar-refractivity contribution in [1.82, 2.24) is 4.98 Å². The molecule has 0 saturated heterocycles. The van der Waals surface area contributed by atoms with Crippen molar-refractivity contribution in [3.05, 3.63) is 47.7 Å². The fraction of sp³-hybridized carbons (Fsp3) is 0.214. The van der Waals surface area contributed by atoms with E-state index in [1.54, 1.807) is 0 Å². The van der Waals surface area contributed by atoms with Crippen LogP contribution in [0.1, 0.15) is 25.1 Å². The zero-order chi connectivity index (χ0) is 11.5. The third-order valence-electron chi connectivity index (χ3n) is 2.83. The third-order valence-corrected chi connectivity index (χ3v) is 2.83. The van der Waals surface area contributed by atoms with Crippen LogP contribution in [0.15, 0.2) is 36.4 Å². The lowest BCUT2D eigenvalue weighted by Crippen LogP contribution is -1.91. The number of benzene rings is 1. The quantitative estimate of drug-likeness (QED) is 0.831. The lowest BCUT2D eigenvalue weighted by Gasteiger charge is -2.05. The highest BCUT2D eigenvalue weighted by molar-refractivity contribution is 5.83. The van der Waals surface area contributed by atoms with Crippen LogP contribution in [-0.4, -0.2) is 10.1 Å². The minimum absolute atomic E-state index is 0.0565. The molecular weight excluding hydrogens is 198 g/mol. The van der Waals surface area contributed by atoms with Gasteiger partial charge in [0.1, 0.15) is 0 Å². The molecule has 2 heteroatoms. The first-order chi connectivity index (χ1) is 7.76. The highest BCUT2D eigenvalue weighted by Gasteiger charge is 2.03. The standard InChI is InChI=1S/C14H15NO/c1-3-10(2)13-8-7-12-11(9-16)5-4-6-14(12)15-13/h3-8,16H,9H2,1-2H3. The van der Waals surface area contributed by atoms with Crippen molar-refractivity contribution in [2.75, 3.05) is 0 Å². The number of hydrogen-bond donors (Lipinski definition) is 1. The maximum absolute atomic E-state index is 9.22. The molecule has 1 aromatic heterocycles. The van der Waals surface area contributed by atoms with Crippen LogP contribution in [0.2, 0.25) is 0 Å². The van der Waals surface area contributed by atoms with Crippen molar-refractivity contribution in [3.8, 4) is 0 Å². The second-order valence-electron chi connectivity index (χ2n) is 3.81. The minimum atomic E-state index is 0.0565. The van der Waals surface area contributed by atoms with Gasteiger partial charge in [0, 0.05) is 5.39 Å². The molecule has 82 valence electrons. The predicted octanol–water partition coefficient (Wildman–Crippen LogP) is 3.15. The number of nitrogens with zero attached hydrogens (tertiary/aromatic N) is 1. The van der Waals surface area contributed by atoms with E-state index in [0.29, 0.717) is 0 Å². The third kappa shape index (κ3) is 1.84. The summed E-state index contributed by atoms with van der Waals surface area (Å²) in [6.45, 7) is 4.11. The van der Waals surface area contributed by atoms with Crippen LogP contribution in [0, 0.1) is 0 Å². The maximum Gasteiger partial charge on any atom is 0.0713 e. The highest BCUT2D eigenvalue weighted by atomic mass is 16.3. The molecule has 0 unspecified atom stereocenters. The average molecular weight is 213 g/mol. The number of aliphatic hydroxyl groups is 1. The molecule has 2 rings (SSSR count). The Hall–Kier alpha value is -1.67. The van der Waals surface area contributed by atoms with Crippen molar-refractivity contribution in [3.63, 3.8) is 0 Å². The topological polar surface area (TPSA) is 33.1 Å². The summed E-state index contributed by atoms with van der Waals surface area (Å²) in [6.07, 6.45) is 2.05. The van der Waals surface area contributed by atoms with Crippen molar-refractivity contribution >= 4 is 16.5 Å². The van der Waals surface area contributed by atoms with E-state index in [1.807, 2.05) is 50.3 Å². The molecule has 1 aromatic carbocycles. The average Bonchev–Trinajstić information content (AvgIpc) is 2.36. The first-order valence-electron chi connectivity index (χ1n) is 5.39. The van der Waals surface area contributed by atoms with Gasteiger partial charge in [-0.1, -0.05) is 24.3 Å². The summed E-state index contributed by atoms with van der Waals surface area (Å²) in [5, 5.41) is 10.2. The van der Waals surface area contributed by atoms with Gasteiger partial charge < -0.3 is 5.11 Å². The summed E-state index contributed by atoms with van der Waals surface area (Å²) in [4.78, 5) is 4.58. The normalized spacial score (nSPS) is 12.1. The molecule has 1 heterocycles. The van der Waals surface area contributed by atoms with Crippen LogP contribution in [0.5, 0.6) is 0 Å². The van der Waals surface area contributed by atoms with Crippen LogP contribution in [0.3, 0.4) is 0 Å². The second kappa shape index (κ2) is 4.45. The van der Waals surface area contributed by atoms with Crippen molar-refractivity contribution < 1.29 is 5.11 Å². The van der Waals surface area contributed by atoms with Crippen LogP contribution < -0.4 is 0 Å². The van der Waals surface area contributed by atoms with Gasteiger partial charge in [0.05, 0.1) is 17.8 Å². The summed E-state index contributed by atoms with van der Waals surface area (Å²) in [6, 6.07) is 9.84. The summed E-state index contributed by atoms with van der Waals surface area (Å²) in [7, 11) is 0. The molecule has 0 aliphatic rings. The summed E-state index contributed by atoms with van der Waals surface area (Å²) in [5.41, 5.74) is 4.02. The number of fused-ring (bicyclic) bond motifs is 1. The molecule has 0 bridgehead atoms. The molecular formula is C14H15NO. The van der Waals surface area contributed by atoms with E-state index in [4.69, 9.17) is 0 Å². The van der Waals surface area contributed by atoms with E-state index in [-0.39, 0.29) is 6.61 Å². The predicted molar refractivity (Wildman–Crippen MR) is 67.0 cm³/mol. The van der Waals surface area contributed by atoms with E-state index in [0.717, 1.165) is 27.7 Å². The lowest BCUT2D eigenvalue weighted by molar-refractivity contribution is 0.283. The summed E-state index contributed by atoms with van der Waals surface area (Å²) >= 11 is 0. The molecule has 16 heavy (non-hydrogen) atoms. The van der Waals surface area contributed by atoms with Gasteiger partial charge in [-0.25, -0.2) is 4.98 Å². The van der Waals surface area contributed by atoms with Crippen LogP contribution in [-0.2, 0) is 6.61 Å². The van der Waals surface area contributed by atoms with E-state index < -0.39 is 0 Å². The Kier molecular flexibility index (Phi) is 3.02. The summed E-state index contributed by atoms with van der Waals surface area (Å²) < 4.78 is 0. The zero-order valence-corrected chi connectivity index (χ0v) is 9.57. The monoisotopic (exact) mass is 213 g/mol. The van der Waals surface area contributed by atoms with Gasteiger partial charge in [-0.05, 0) is 37.1 Å². The number of aliphatic hydroxyl groups excluding tert-OH is 1. The Morgan fingerprint density at radius 2 is 2.12 bits per heavy atom. The first-order valence-corrected chi connectivity index (χ1v) is 5.39. The lowest BCUT2D eigenvalue weighted by atomic mass is 10.1. The second-order valence-corrected chi connectivity index (χ2v) is 3.81. The summed E-state index contributed by atoms with van der Waals surface area (Å²) in [5.74, 6) is 0. The van der Waals surface area contributed by atoms with Crippen molar-refractivity contribution in [2.45, 2.75) is 20.5 Å². The largest absolute Gasteiger partial charge is 0.392 e. The SMILES string of the molecule is CC=C(C)c1ccc2c(CO)cccc2n1. The molecule has 0 spiro atoms. The Bertz CT molecular complexity index is 543. The molecule has 0 radical (unpaired) electrons. The van der Waals surface area contributed by atoms with Gasteiger partial charge in [0.25, 0.3) is 0 Å². The maximum atomic E-state index is 9.22. The zero-order valence-electron chi connectivity index (χ0n) is 9.57. The fourth-order valence-electron chi connectivity index (χ4n) is 1.72. The Balaban J connectivity index is 2.64. The number of rotatable bonds is 2. The Morgan fingerprint density at radius 3 is 2.81 bits per heavy atom. The van der Waals surface area contributed by atoms with E-state index >= 15 is 0 Å². The van der Waals surface area contributed by atoms with Gasteiger partial charge in [0.15, 0.2) is 0 Å². The number of allylic oxidation sites excluding steroid dienone is 2. The molecule has 0 aliphatic carbocycles. The van der Waals surface area contributed by atoms with Gasteiger partial charge >= 0.3 is 0 Å². The molecule has 1 N–H and O–H groups in total. The fourth-order valence-corrected chi connectivity index (χ4v) is 1.72. The van der Waals surface area contributed by atoms with Crippen molar-refractivity contribution in [1.29, 1.82) is 0 Å². The number of pyridine rings is 1. The van der Waals surface area contributed by atoms with Crippen LogP contribution in [0.25, 0.3) is 16.5 Å².